The maximum Gasteiger partial charge on any atom is 0.341 e. The van der Waals surface area contributed by atoms with Crippen LogP contribution in [0.1, 0.15) is 36.5 Å². The van der Waals surface area contributed by atoms with Gasteiger partial charge in [-0.05, 0) is 50.5 Å². The first-order chi connectivity index (χ1) is 15.5. The Balaban J connectivity index is 1.89. The molecule has 8 heteroatoms. The van der Waals surface area contributed by atoms with Gasteiger partial charge < -0.3 is 19.7 Å². The fraction of sp³-hybridized carbons (Fsp3) is 0.333. The number of rotatable bonds is 6. The van der Waals surface area contributed by atoms with Gasteiger partial charge in [-0.3, -0.25) is 4.98 Å². The van der Waals surface area contributed by atoms with Crippen molar-refractivity contribution in [3.8, 4) is 5.75 Å². The highest BCUT2D eigenvalue weighted by Gasteiger charge is 2.22. The normalized spacial score (nSPS) is 13.8. The quantitative estimate of drug-likeness (QED) is 0.414. The summed E-state index contributed by atoms with van der Waals surface area (Å²) in [6, 6.07) is 9.19. The second-order valence-corrected chi connectivity index (χ2v) is 8.42. The molecule has 0 bridgehead atoms. The van der Waals surface area contributed by atoms with E-state index in [1.165, 1.54) is 12.6 Å². The lowest BCUT2D eigenvalue weighted by Gasteiger charge is -2.30. The van der Waals surface area contributed by atoms with E-state index in [-0.39, 0.29) is 6.61 Å². The number of nitrogens with zero attached hydrogens (tertiary/aromatic N) is 2. The number of fused-ring (bicyclic) bond motifs is 1. The Morgan fingerprint density at radius 3 is 2.59 bits per heavy atom. The predicted octanol–water partition coefficient (Wildman–Crippen LogP) is 6.46. The highest BCUT2D eigenvalue weighted by atomic mass is 35.5. The number of pyridine rings is 1. The van der Waals surface area contributed by atoms with Crippen molar-refractivity contribution in [3.05, 3.63) is 52.1 Å². The SMILES string of the molecule is CCOC(=O)c1cnc2cc(OC)c(N3CCCCC3)cc2c1Nc1ccc(Cl)c(Cl)c1. The van der Waals surface area contributed by atoms with E-state index < -0.39 is 5.97 Å². The molecule has 1 aliphatic heterocycles. The molecule has 2 aromatic carbocycles. The molecule has 1 aliphatic rings. The fourth-order valence-corrected chi connectivity index (χ4v) is 4.27. The smallest absolute Gasteiger partial charge is 0.341 e. The minimum absolute atomic E-state index is 0.269. The minimum Gasteiger partial charge on any atom is -0.495 e. The Morgan fingerprint density at radius 1 is 1.12 bits per heavy atom. The zero-order valence-corrected chi connectivity index (χ0v) is 19.6. The lowest BCUT2D eigenvalue weighted by molar-refractivity contribution is 0.0527. The van der Waals surface area contributed by atoms with E-state index in [4.69, 9.17) is 32.7 Å². The van der Waals surface area contributed by atoms with E-state index in [1.807, 2.05) is 18.2 Å². The number of ether oxygens (including phenoxy) is 2. The summed E-state index contributed by atoms with van der Waals surface area (Å²) in [6.07, 6.45) is 5.03. The minimum atomic E-state index is -0.445. The van der Waals surface area contributed by atoms with E-state index in [2.05, 4.69) is 15.2 Å². The van der Waals surface area contributed by atoms with Gasteiger partial charge >= 0.3 is 5.97 Å². The number of piperidine rings is 1. The Morgan fingerprint density at radius 2 is 1.91 bits per heavy atom. The first-order valence-electron chi connectivity index (χ1n) is 10.7. The molecule has 0 radical (unpaired) electrons. The molecule has 168 valence electrons. The van der Waals surface area contributed by atoms with E-state index in [9.17, 15) is 4.79 Å². The molecule has 0 aliphatic carbocycles. The molecule has 2 heterocycles. The van der Waals surface area contributed by atoms with Gasteiger partial charge in [0.05, 0.1) is 40.7 Å². The van der Waals surface area contributed by atoms with Gasteiger partial charge in [-0.2, -0.15) is 0 Å². The summed E-state index contributed by atoms with van der Waals surface area (Å²) in [7, 11) is 1.66. The Labute approximate surface area is 197 Å². The van der Waals surface area contributed by atoms with Crippen LogP contribution in [0.15, 0.2) is 36.5 Å². The summed E-state index contributed by atoms with van der Waals surface area (Å²) >= 11 is 12.3. The second-order valence-electron chi connectivity index (χ2n) is 7.61. The Kier molecular flexibility index (Phi) is 6.92. The number of nitrogens with one attached hydrogen (secondary N) is 1. The molecule has 1 fully saturated rings. The molecule has 32 heavy (non-hydrogen) atoms. The van der Waals surface area contributed by atoms with Crippen LogP contribution in [0.4, 0.5) is 17.1 Å². The Hall–Kier alpha value is -2.70. The third-order valence-electron chi connectivity index (χ3n) is 5.55. The van der Waals surface area contributed by atoms with E-state index in [0.29, 0.717) is 32.5 Å². The molecule has 0 saturated carbocycles. The molecule has 0 unspecified atom stereocenters. The van der Waals surface area contributed by atoms with Crippen molar-refractivity contribution in [3.63, 3.8) is 0 Å². The monoisotopic (exact) mass is 473 g/mol. The van der Waals surface area contributed by atoms with Crippen LogP contribution in [0.2, 0.25) is 10.0 Å². The Bertz CT molecular complexity index is 1150. The molecule has 0 amide bonds. The number of hydrogen-bond acceptors (Lipinski definition) is 6. The zero-order valence-electron chi connectivity index (χ0n) is 18.1. The van der Waals surface area contributed by atoms with Crippen LogP contribution in [-0.4, -0.2) is 37.8 Å². The van der Waals surface area contributed by atoms with Crippen molar-refractivity contribution in [2.45, 2.75) is 26.2 Å². The highest BCUT2D eigenvalue weighted by Crippen LogP contribution is 2.39. The molecule has 1 aromatic heterocycles. The third kappa shape index (κ3) is 4.57. The number of hydrogen-bond donors (Lipinski definition) is 1. The molecule has 4 rings (SSSR count). The number of benzene rings is 2. The number of carbonyl (C=O) groups excluding carboxylic acids is 1. The van der Waals surface area contributed by atoms with Crippen LogP contribution in [0.3, 0.4) is 0 Å². The van der Waals surface area contributed by atoms with E-state index in [1.54, 1.807) is 26.2 Å². The topological polar surface area (TPSA) is 63.7 Å². The lowest BCUT2D eigenvalue weighted by Crippen LogP contribution is -2.29. The number of anilines is 3. The van der Waals surface area contributed by atoms with Crippen LogP contribution < -0.4 is 15.0 Å². The van der Waals surface area contributed by atoms with Crippen molar-refractivity contribution < 1.29 is 14.3 Å². The first kappa shape index (κ1) is 22.5. The number of carbonyl (C=O) groups is 1. The average molecular weight is 474 g/mol. The maximum atomic E-state index is 12.7. The third-order valence-corrected chi connectivity index (χ3v) is 6.29. The van der Waals surface area contributed by atoms with Gasteiger partial charge in [0.1, 0.15) is 11.3 Å². The van der Waals surface area contributed by atoms with Crippen molar-refractivity contribution >= 4 is 57.1 Å². The van der Waals surface area contributed by atoms with Crippen LogP contribution >= 0.6 is 23.2 Å². The number of esters is 1. The van der Waals surface area contributed by atoms with Gasteiger partial charge in [-0.1, -0.05) is 23.2 Å². The molecule has 6 nitrogen and oxygen atoms in total. The second kappa shape index (κ2) is 9.84. The summed E-state index contributed by atoms with van der Waals surface area (Å²) < 4.78 is 11.0. The predicted molar refractivity (Wildman–Crippen MR) is 130 cm³/mol. The van der Waals surface area contributed by atoms with Crippen molar-refractivity contribution in [1.82, 2.24) is 4.98 Å². The summed E-state index contributed by atoms with van der Waals surface area (Å²) in [5.41, 5.74) is 3.35. The standard InChI is InChI=1S/C24H25Cl2N3O3/c1-3-32-24(30)17-14-27-20-13-22(31-2)21(29-9-5-4-6-10-29)12-16(20)23(17)28-15-7-8-18(25)19(26)11-15/h7-8,11-14H,3-6,9-10H2,1-2H3,(H,27,28). The largest absolute Gasteiger partial charge is 0.495 e. The van der Waals surface area contributed by atoms with Gasteiger partial charge in [0.2, 0.25) is 0 Å². The van der Waals surface area contributed by atoms with Gasteiger partial charge in [0, 0.05) is 36.4 Å². The van der Waals surface area contributed by atoms with Crippen LogP contribution in [0, 0.1) is 0 Å². The van der Waals surface area contributed by atoms with E-state index in [0.717, 1.165) is 42.8 Å². The van der Waals surface area contributed by atoms with E-state index >= 15 is 0 Å². The molecular weight excluding hydrogens is 449 g/mol. The first-order valence-corrected chi connectivity index (χ1v) is 11.4. The molecule has 0 spiro atoms. The number of methoxy groups -OCH3 is 1. The van der Waals surface area contributed by atoms with Crippen LogP contribution in [0.5, 0.6) is 5.75 Å². The molecule has 1 N–H and O–H groups in total. The zero-order chi connectivity index (χ0) is 22.7. The van der Waals surface area contributed by atoms with Crippen LogP contribution in [-0.2, 0) is 4.74 Å². The fourth-order valence-electron chi connectivity index (χ4n) is 3.97. The molecular formula is C24H25Cl2N3O3. The lowest BCUT2D eigenvalue weighted by atomic mass is 10.0. The number of aromatic nitrogens is 1. The van der Waals surface area contributed by atoms with Gasteiger partial charge in [0.15, 0.2) is 0 Å². The summed E-state index contributed by atoms with van der Waals surface area (Å²) in [6.45, 7) is 3.97. The van der Waals surface area contributed by atoms with Crippen molar-refractivity contribution in [2.24, 2.45) is 0 Å². The van der Waals surface area contributed by atoms with Crippen molar-refractivity contribution in [1.29, 1.82) is 0 Å². The summed E-state index contributed by atoms with van der Waals surface area (Å²) in [5.74, 6) is 0.316. The highest BCUT2D eigenvalue weighted by molar-refractivity contribution is 6.42. The number of halogens is 2. The van der Waals surface area contributed by atoms with Crippen molar-refractivity contribution in [2.75, 3.05) is 37.0 Å². The molecule has 0 atom stereocenters. The summed E-state index contributed by atoms with van der Waals surface area (Å²) in [5, 5.41) is 5.02. The maximum absolute atomic E-state index is 12.7. The summed E-state index contributed by atoms with van der Waals surface area (Å²) in [4.78, 5) is 19.6. The van der Waals surface area contributed by atoms with Gasteiger partial charge in [-0.25, -0.2) is 4.79 Å². The molecule has 1 saturated heterocycles. The van der Waals surface area contributed by atoms with Gasteiger partial charge in [-0.15, -0.1) is 0 Å². The van der Waals surface area contributed by atoms with Gasteiger partial charge in [0.25, 0.3) is 0 Å². The van der Waals surface area contributed by atoms with Crippen LogP contribution in [0.25, 0.3) is 10.9 Å². The average Bonchev–Trinajstić information content (AvgIpc) is 2.81. The molecule has 3 aromatic rings.